The first-order chi connectivity index (χ1) is 12.0. The average molecular weight is 352 g/mol. The van der Waals surface area contributed by atoms with E-state index in [1.54, 1.807) is 30.3 Å². The third-order valence-electron chi connectivity index (χ3n) is 3.64. The molecule has 1 heterocycles. The van der Waals surface area contributed by atoms with Gasteiger partial charge >= 0.3 is 0 Å². The average Bonchev–Trinajstić information content (AvgIpc) is 2.64. The zero-order chi connectivity index (χ0) is 17.9. The van der Waals surface area contributed by atoms with Gasteiger partial charge in [0.25, 0.3) is 5.91 Å². The minimum atomic E-state index is -3.69. The number of benzene rings is 2. The predicted molar refractivity (Wildman–Crippen MR) is 95.3 cm³/mol. The summed E-state index contributed by atoms with van der Waals surface area (Å²) in [5.74, 6) is -0.347. The molecule has 0 unspecified atom stereocenters. The molecular formula is C19H16N2O3S. The molecule has 1 aromatic heterocycles. The summed E-state index contributed by atoms with van der Waals surface area (Å²) in [4.78, 5) is 16.4. The fourth-order valence-corrected chi connectivity index (χ4v) is 3.43. The van der Waals surface area contributed by atoms with Gasteiger partial charge < -0.3 is 5.32 Å². The summed E-state index contributed by atoms with van der Waals surface area (Å²) in [6.07, 6.45) is 1.26. The zero-order valence-electron chi connectivity index (χ0n) is 13.5. The second-order valence-corrected chi connectivity index (χ2v) is 7.42. The molecule has 126 valence electrons. The first kappa shape index (κ1) is 16.9. The Morgan fingerprint density at radius 1 is 0.920 bits per heavy atom. The van der Waals surface area contributed by atoms with Crippen LogP contribution in [-0.4, -0.2) is 19.3 Å². The lowest BCUT2D eigenvalue weighted by atomic mass is 10.2. The van der Waals surface area contributed by atoms with Crippen LogP contribution in [0.5, 0.6) is 0 Å². The van der Waals surface area contributed by atoms with Crippen LogP contribution >= 0.6 is 0 Å². The van der Waals surface area contributed by atoms with Crippen molar-refractivity contribution in [2.24, 2.45) is 0 Å². The molecule has 0 aliphatic carbocycles. The number of carbonyl (C=O) groups is 1. The van der Waals surface area contributed by atoms with Gasteiger partial charge in [0.1, 0.15) is 0 Å². The molecule has 3 rings (SSSR count). The SMILES string of the molecule is Cc1ccc(NC(=O)c2ccc(S(=O)(=O)c3ccccc3)nc2)cc1. The Bertz CT molecular complexity index is 981. The van der Waals surface area contributed by atoms with Crippen molar-refractivity contribution in [1.82, 2.24) is 4.98 Å². The maximum Gasteiger partial charge on any atom is 0.257 e. The number of hydrogen-bond donors (Lipinski definition) is 1. The van der Waals surface area contributed by atoms with Gasteiger partial charge in [0.15, 0.2) is 5.03 Å². The molecule has 1 amide bonds. The summed E-state index contributed by atoms with van der Waals surface area (Å²) in [5.41, 5.74) is 2.04. The first-order valence-electron chi connectivity index (χ1n) is 7.61. The monoisotopic (exact) mass is 352 g/mol. The highest BCUT2D eigenvalue weighted by Gasteiger charge is 2.19. The van der Waals surface area contributed by atoms with Crippen molar-refractivity contribution < 1.29 is 13.2 Å². The van der Waals surface area contributed by atoms with Crippen molar-refractivity contribution >= 4 is 21.4 Å². The minimum absolute atomic E-state index is 0.0921. The molecule has 0 aliphatic rings. The van der Waals surface area contributed by atoms with Crippen LogP contribution in [0.15, 0.2) is 82.8 Å². The van der Waals surface area contributed by atoms with Crippen LogP contribution in [0.2, 0.25) is 0 Å². The third-order valence-corrected chi connectivity index (χ3v) is 5.32. The molecule has 0 radical (unpaired) electrons. The summed E-state index contributed by atoms with van der Waals surface area (Å²) in [5, 5.41) is 2.65. The number of amides is 1. The Kier molecular flexibility index (Phi) is 4.63. The van der Waals surface area contributed by atoms with E-state index >= 15 is 0 Å². The van der Waals surface area contributed by atoms with Gasteiger partial charge in [-0.05, 0) is 43.3 Å². The highest BCUT2D eigenvalue weighted by atomic mass is 32.2. The molecule has 0 atom stereocenters. The highest BCUT2D eigenvalue weighted by Crippen LogP contribution is 2.19. The van der Waals surface area contributed by atoms with Crippen LogP contribution in [0.3, 0.4) is 0 Å². The van der Waals surface area contributed by atoms with Crippen LogP contribution in [0, 0.1) is 6.92 Å². The first-order valence-corrected chi connectivity index (χ1v) is 9.09. The van der Waals surface area contributed by atoms with E-state index in [1.807, 2.05) is 19.1 Å². The van der Waals surface area contributed by atoms with Gasteiger partial charge in [-0.2, -0.15) is 0 Å². The largest absolute Gasteiger partial charge is 0.322 e. The predicted octanol–water partition coefficient (Wildman–Crippen LogP) is 3.48. The minimum Gasteiger partial charge on any atom is -0.322 e. The van der Waals surface area contributed by atoms with Crippen molar-refractivity contribution in [1.29, 1.82) is 0 Å². The van der Waals surface area contributed by atoms with Crippen molar-refractivity contribution in [3.63, 3.8) is 0 Å². The van der Waals surface area contributed by atoms with Gasteiger partial charge in [-0.3, -0.25) is 4.79 Å². The fraction of sp³-hybridized carbons (Fsp3) is 0.0526. The van der Waals surface area contributed by atoms with E-state index in [2.05, 4.69) is 10.3 Å². The Labute approximate surface area is 146 Å². The molecule has 6 heteroatoms. The molecule has 5 nitrogen and oxygen atoms in total. The molecule has 0 saturated carbocycles. The van der Waals surface area contributed by atoms with Gasteiger partial charge in [-0.1, -0.05) is 35.9 Å². The molecule has 0 saturated heterocycles. The standard InChI is InChI=1S/C19H16N2O3S/c1-14-7-10-16(11-8-14)21-19(22)15-9-12-18(20-13-15)25(23,24)17-5-3-2-4-6-17/h2-13H,1H3,(H,21,22). The summed E-state index contributed by atoms with van der Waals surface area (Å²) in [6, 6.07) is 18.2. The Morgan fingerprint density at radius 3 is 2.20 bits per heavy atom. The molecular weight excluding hydrogens is 336 g/mol. The number of hydrogen-bond acceptors (Lipinski definition) is 4. The molecule has 0 aliphatic heterocycles. The van der Waals surface area contributed by atoms with Crippen LogP contribution in [0.4, 0.5) is 5.69 Å². The number of carbonyl (C=O) groups excluding carboxylic acids is 1. The number of rotatable bonds is 4. The lowest BCUT2D eigenvalue weighted by Crippen LogP contribution is -2.13. The van der Waals surface area contributed by atoms with E-state index in [9.17, 15) is 13.2 Å². The fourth-order valence-electron chi connectivity index (χ4n) is 2.23. The van der Waals surface area contributed by atoms with E-state index in [1.165, 1.54) is 30.5 Å². The molecule has 1 N–H and O–H groups in total. The third kappa shape index (κ3) is 3.75. The van der Waals surface area contributed by atoms with Gasteiger partial charge in [-0.15, -0.1) is 0 Å². The number of pyridine rings is 1. The van der Waals surface area contributed by atoms with Crippen molar-refractivity contribution in [3.8, 4) is 0 Å². The van der Waals surface area contributed by atoms with Gasteiger partial charge in [0, 0.05) is 11.9 Å². The van der Waals surface area contributed by atoms with Gasteiger partial charge in [0.2, 0.25) is 9.84 Å². The molecule has 0 fully saturated rings. The van der Waals surface area contributed by atoms with Crippen molar-refractivity contribution in [2.75, 3.05) is 5.32 Å². The van der Waals surface area contributed by atoms with Gasteiger partial charge in [-0.25, -0.2) is 13.4 Å². The van der Waals surface area contributed by atoms with E-state index in [-0.39, 0.29) is 21.4 Å². The van der Waals surface area contributed by atoms with E-state index < -0.39 is 9.84 Å². The van der Waals surface area contributed by atoms with E-state index in [0.29, 0.717) is 5.69 Å². The number of anilines is 1. The summed E-state index contributed by atoms with van der Waals surface area (Å²) >= 11 is 0. The summed E-state index contributed by atoms with van der Waals surface area (Å²) in [7, 11) is -3.69. The maximum absolute atomic E-state index is 12.5. The van der Waals surface area contributed by atoms with Crippen LogP contribution in [-0.2, 0) is 9.84 Å². The lowest BCUT2D eigenvalue weighted by Gasteiger charge is -2.07. The molecule has 2 aromatic carbocycles. The summed E-state index contributed by atoms with van der Waals surface area (Å²) in [6.45, 7) is 1.96. The molecule has 0 spiro atoms. The lowest BCUT2D eigenvalue weighted by molar-refractivity contribution is 0.102. The number of aryl methyl sites for hydroxylation is 1. The zero-order valence-corrected chi connectivity index (χ0v) is 14.3. The van der Waals surface area contributed by atoms with E-state index in [4.69, 9.17) is 0 Å². The number of nitrogens with zero attached hydrogens (tertiary/aromatic N) is 1. The van der Waals surface area contributed by atoms with Crippen LogP contribution < -0.4 is 5.32 Å². The molecule has 25 heavy (non-hydrogen) atoms. The van der Waals surface area contributed by atoms with E-state index in [0.717, 1.165) is 5.56 Å². The molecule has 0 bridgehead atoms. The van der Waals surface area contributed by atoms with Crippen LogP contribution in [0.1, 0.15) is 15.9 Å². The number of aromatic nitrogens is 1. The second kappa shape index (κ2) is 6.86. The normalized spacial score (nSPS) is 11.1. The topological polar surface area (TPSA) is 76.1 Å². The Morgan fingerprint density at radius 2 is 1.60 bits per heavy atom. The Balaban J connectivity index is 1.80. The maximum atomic E-state index is 12.5. The van der Waals surface area contributed by atoms with Crippen LogP contribution in [0.25, 0.3) is 0 Å². The number of nitrogens with one attached hydrogen (secondary N) is 1. The highest BCUT2D eigenvalue weighted by molar-refractivity contribution is 7.91. The molecule has 3 aromatic rings. The quantitative estimate of drug-likeness (QED) is 0.780. The smallest absolute Gasteiger partial charge is 0.257 e. The summed E-state index contributed by atoms with van der Waals surface area (Å²) < 4.78 is 24.9. The van der Waals surface area contributed by atoms with Crippen molar-refractivity contribution in [2.45, 2.75) is 16.8 Å². The van der Waals surface area contributed by atoms with Crippen molar-refractivity contribution in [3.05, 3.63) is 84.1 Å². The number of sulfone groups is 1. The second-order valence-electron chi connectivity index (χ2n) is 5.52. The van der Waals surface area contributed by atoms with Gasteiger partial charge in [0.05, 0.1) is 10.5 Å². The Hall–Kier alpha value is -2.99.